The van der Waals surface area contributed by atoms with Gasteiger partial charge in [-0.1, -0.05) is 36.4 Å². The van der Waals surface area contributed by atoms with Gasteiger partial charge in [0.1, 0.15) is 17.5 Å². The van der Waals surface area contributed by atoms with E-state index in [-0.39, 0.29) is 0 Å². The topological polar surface area (TPSA) is 84.1 Å². The first kappa shape index (κ1) is 19.4. The Morgan fingerprint density at radius 3 is 2.45 bits per heavy atom. The van der Waals surface area contributed by atoms with Crippen molar-refractivity contribution in [2.75, 3.05) is 31.1 Å². The average Bonchev–Trinajstić information content (AvgIpc) is 3.13. The smallest absolute Gasteiger partial charge is 0.534 e. The van der Waals surface area contributed by atoms with E-state index in [2.05, 4.69) is 9.88 Å². The fourth-order valence-corrected chi connectivity index (χ4v) is 4.06. The summed E-state index contributed by atoms with van der Waals surface area (Å²) in [6.07, 6.45) is 0.599. The molecule has 3 aromatic rings. The van der Waals surface area contributed by atoms with Crippen LogP contribution in [0.4, 0.5) is 10.6 Å². The van der Waals surface area contributed by atoms with E-state index in [1.807, 2.05) is 53.9 Å². The minimum absolute atomic E-state index is 0.358. The maximum atomic E-state index is 13.5. The molecule has 29 heavy (non-hydrogen) atoms. The molecule has 0 aliphatic carbocycles. The van der Waals surface area contributed by atoms with Crippen molar-refractivity contribution in [1.82, 2.24) is 14.4 Å². The number of hydrogen-bond acceptors (Lipinski definition) is 5. The molecule has 0 saturated carbocycles. The number of amides is 1. The van der Waals surface area contributed by atoms with Gasteiger partial charge in [-0.15, -0.1) is 5.01 Å². The second-order valence-corrected chi connectivity index (χ2v) is 7.43. The van der Waals surface area contributed by atoms with E-state index in [0.717, 1.165) is 17.2 Å². The van der Waals surface area contributed by atoms with Gasteiger partial charge in [0.2, 0.25) is 0 Å². The Labute approximate surface area is 169 Å². The van der Waals surface area contributed by atoms with E-state index >= 15 is 0 Å². The Bertz CT molecular complexity index is 1010. The molecule has 4 rings (SSSR count). The van der Waals surface area contributed by atoms with Crippen LogP contribution >= 0.6 is 0 Å². The average molecular weight is 395 g/mol. The van der Waals surface area contributed by atoms with Crippen LogP contribution in [0.25, 0.3) is 5.65 Å². The first-order valence-corrected chi connectivity index (χ1v) is 9.74. The van der Waals surface area contributed by atoms with Gasteiger partial charge in [0.15, 0.2) is 0 Å². The van der Waals surface area contributed by atoms with E-state index in [9.17, 15) is 15.1 Å². The maximum absolute atomic E-state index is 13.5. The lowest BCUT2D eigenvalue weighted by Crippen LogP contribution is -2.65. The van der Waals surface area contributed by atoms with Crippen molar-refractivity contribution in [3.05, 3.63) is 71.2 Å². The summed E-state index contributed by atoms with van der Waals surface area (Å²) in [4.78, 5) is 18.7. The molecule has 1 N–H and O–H groups in total. The molecule has 2 aromatic heterocycles. The number of aryl methyl sites for hydroxylation is 1. The van der Waals surface area contributed by atoms with Crippen LogP contribution in [0, 0.1) is 12.1 Å². The van der Waals surface area contributed by atoms with Gasteiger partial charge in [-0.25, -0.2) is 4.98 Å². The van der Waals surface area contributed by atoms with Crippen LogP contribution in [-0.4, -0.2) is 56.5 Å². The number of imidazole rings is 1. The molecule has 1 amide bonds. The van der Waals surface area contributed by atoms with Crippen molar-refractivity contribution >= 4 is 17.6 Å². The van der Waals surface area contributed by atoms with Crippen LogP contribution in [0.3, 0.4) is 0 Å². The van der Waals surface area contributed by atoms with E-state index in [1.165, 1.54) is 5.01 Å². The molecule has 1 aromatic carbocycles. The highest BCUT2D eigenvalue weighted by molar-refractivity contribution is 5.57. The number of benzene rings is 1. The molecule has 2 atom stereocenters. The van der Waals surface area contributed by atoms with Gasteiger partial charge in [0.25, 0.3) is 0 Å². The molecule has 1 aliphatic heterocycles. The first-order chi connectivity index (χ1) is 13.9. The highest BCUT2D eigenvalue weighted by atomic mass is 16.7. The van der Waals surface area contributed by atoms with E-state index in [0.29, 0.717) is 31.7 Å². The third-order valence-corrected chi connectivity index (χ3v) is 5.67. The second kappa shape index (κ2) is 7.47. The summed E-state index contributed by atoms with van der Waals surface area (Å²) in [6, 6.07) is 14.3. The summed E-state index contributed by atoms with van der Waals surface area (Å²) >= 11 is 0. The van der Waals surface area contributed by atoms with Gasteiger partial charge in [-0.3, -0.25) is 4.40 Å². The standard InChI is InChI=1S/C21H25N5O3/c1-16-15-25-19(22-16)9-6-10-20(25)23-11-13-24(14-12-23)26(29,21(27)28)17(2)18-7-4-3-5-8-18/h3-10,15,17H,11-14H2,1-2H3,(H,27,28). The number of hydroxylamine groups is 2. The molecular weight excluding hydrogens is 370 g/mol. The number of carbonyl (C=O) groups is 1. The number of nitrogens with zero attached hydrogens (tertiary/aromatic N) is 5. The summed E-state index contributed by atoms with van der Waals surface area (Å²) in [5.41, 5.74) is 2.53. The zero-order valence-electron chi connectivity index (χ0n) is 16.6. The van der Waals surface area contributed by atoms with Crippen molar-refractivity contribution in [3.8, 4) is 0 Å². The molecule has 8 nitrogen and oxygen atoms in total. The Morgan fingerprint density at radius 1 is 1.10 bits per heavy atom. The second-order valence-electron chi connectivity index (χ2n) is 7.43. The van der Waals surface area contributed by atoms with E-state index in [4.69, 9.17) is 0 Å². The predicted molar refractivity (Wildman–Crippen MR) is 110 cm³/mol. The maximum Gasteiger partial charge on any atom is 0.534 e. The minimum Gasteiger partial charge on any atom is -0.601 e. The van der Waals surface area contributed by atoms with E-state index < -0.39 is 16.9 Å². The lowest BCUT2D eigenvalue weighted by atomic mass is 10.1. The van der Waals surface area contributed by atoms with E-state index in [1.54, 1.807) is 19.1 Å². The van der Waals surface area contributed by atoms with Crippen molar-refractivity contribution in [2.45, 2.75) is 19.9 Å². The quantitative estimate of drug-likeness (QED) is 0.538. The molecular formula is C21H25N5O3. The van der Waals surface area contributed by atoms with Gasteiger partial charge in [-0.2, -0.15) is 9.55 Å². The zero-order chi connectivity index (χ0) is 20.6. The Kier molecular flexibility index (Phi) is 4.99. The summed E-state index contributed by atoms with van der Waals surface area (Å²) in [5, 5.41) is 24.9. The lowest BCUT2D eigenvalue weighted by Gasteiger charge is -2.50. The molecule has 0 radical (unpaired) electrons. The fourth-order valence-electron chi connectivity index (χ4n) is 4.06. The van der Waals surface area contributed by atoms with Crippen LogP contribution < -0.4 is 4.90 Å². The monoisotopic (exact) mass is 395 g/mol. The van der Waals surface area contributed by atoms with Crippen molar-refractivity contribution < 1.29 is 14.7 Å². The van der Waals surface area contributed by atoms with Crippen LogP contribution in [0.2, 0.25) is 0 Å². The third-order valence-electron chi connectivity index (χ3n) is 5.67. The summed E-state index contributed by atoms with van der Waals surface area (Å²) < 4.78 is 0.639. The van der Waals surface area contributed by atoms with Gasteiger partial charge in [0.05, 0.1) is 18.8 Å². The fraction of sp³-hybridized carbons (Fsp3) is 0.333. The number of hydrogen-bond donors (Lipinski definition) is 1. The SMILES string of the molecule is Cc1cn2c(N3CCN([N+]([O-])(C(=O)O)C(C)c4ccccc4)CC3)cccc2n1. The number of aromatic nitrogens is 2. The normalized spacial score (nSPS) is 18.5. The highest BCUT2D eigenvalue weighted by Crippen LogP contribution is 2.32. The number of pyridine rings is 1. The van der Waals surface area contributed by atoms with Gasteiger partial charge < -0.3 is 15.2 Å². The van der Waals surface area contributed by atoms with Gasteiger partial charge >= 0.3 is 6.09 Å². The minimum atomic E-state index is -1.40. The van der Waals surface area contributed by atoms with Crippen LogP contribution in [0.5, 0.6) is 0 Å². The van der Waals surface area contributed by atoms with Crippen molar-refractivity contribution in [1.29, 1.82) is 0 Å². The van der Waals surface area contributed by atoms with Crippen LogP contribution in [-0.2, 0) is 0 Å². The Morgan fingerprint density at radius 2 is 1.79 bits per heavy atom. The predicted octanol–water partition coefficient (Wildman–Crippen LogP) is 3.43. The number of piperazine rings is 1. The third kappa shape index (κ3) is 3.35. The number of anilines is 1. The molecule has 1 aliphatic rings. The molecule has 0 bridgehead atoms. The molecule has 2 unspecified atom stereocenters. The molecule has 1 saturated heterocycles. The largest absolute Gasteiger partial charge is 0.601 e. The Balaban J connectivity index is 1.56. The highest BCUT2D eigenvalue weighted by Gasteiger charge is 2.43. The molecule has 0 spiro atoms. The van der Waals surface area contributed by atoms with Crippen molar-refractivity contribution in [3.63, 3.8) is 0 Å². The van der Waals surface area contributed by atoms with Crippen LogP contribution in [0.15, 0.2) is 54.7 Å². The summed E-state index contributed by atoms with van der Waals surface area (Å²) in [5.74, 6) is 0.998. The lowest BCUT2D eigenvalue weighted by molar-refractivity contribution is -0.955. The first-order valence-electron chi connectivity index (χ1n) is 9.74. The zero-order valence-corrected chi connectivity index (χ0v) is 16.6. The number of carboxylic acid groups (broad SMARTS) is 1. The van der Waals surface area contributed by atoms with Gasteiger partial charge in [-0.05, 0) is 26.0 Å². The Hall–Kier alpha value is -2.94. The number of fused-ring (bicyclic) bond motifs is 1. The molecule has 152 valence electrons. The number of quaternary nitrogens is 1. The number of rotatable bonds is 4. The summed E-state index contributed by atoms with van der Waals surface area (Å²) in [6.45, 7) is 5.47. The summed E-state index contributed by atoms with van der Waals surface area (Å²) in [7, 11) is 0. The molecule has 8 heteroatoms. The molecule has 3 heterocycles. The van der Waals surface area contributed by atoms with Crippen molar-refractivity contribution in [2.24, 2.45) is 0 Å². The molecule has 1 fully saturated rings. The van der Waals surface area contributed by atoms with Gasteiger partial charge in [0, 0.05) is 24.8 Å². The van der Waals surface area contributed by atoms with Crippen LogP contribution in [0.1, 0.15) is 24.2 Å².